The highest BCUT2D eigenvalue weighted by molar-refractivity contribution is 6.02. The van der Waals surface area contributed by atoms with Crippen LogP contribution in [-0.4, -0.2) is 32.3 Å². The third-order valence-electron chi connectivity index (χ3n) is 3.94. The highest BCUT2D eigenvalue weighted by Gasteiger charge is 2.23. The topological polar surface area (TPSA) is 100 Å². The van der Waals surface area contributed by atoms with Gasteiger partial charge in [-0.2, -0.15) is 10.4 Å². The van der Waals surface area contributed by atoms with Gasteiger partial charge in [-0.1, -0.05) is 30.3 Å². The molecular formula is C17H15N5O3. The second-order valence-electron chi connectivity index (χ2n) is 5.62. The van der Waals surface area contributed by atoms with Crippen molar-refractivity contribution in [3.63, 3.8) is 0 Å². The molecule has 0 radical (unpaired) electrons. The van der Waals surface area contributed by atoms with Crippen LogP contribution < -0.4 is 11.2 Å². The highest BCUT2D eigenvalue weighted by atomic mass is 16.2. The Morgan fingerprint density at radius 3 is 2.68 bits per heavy atom. The molecule has 1 amide bonds. The van der Waals surface area contributed by atoms with Crippen LogP contribution in [0.15, 0.2) is 51.2 Å². The number of amides is 1. The van der Waals surface area contributed by atoms with E-state index >= 15 is 0 Å². The molecule has 0 N–H and O–H groups in total. The molecule has 25 heavy (non-hydrogen) atoms. The highest BCUT2D eigenvalue weighted by Crippen LogP contribution is 2.13. The second kappa shape index (κ2) is 6.57. The third kappa shape index (κ3) is 3.12. The summed E-state index contributed by atoms with van der Waals surface area (Å²) >= 11 is 0. The first-order valence-electron chi connectivity index (χ1n) is 7.65. The van der Waals surface area contributed by atoms with Gasteiger partial charge >= 0.3 is 5.69 Å². The first-order valence-corrected chi connectivity index (χ1v) is 7.65. The van der Waals surface area contributed by atoms with E-state index in [1.54, 1.807) is 6.07 Å². The molecule has 3 rings (SSSR count). The van der Waals surface area contributed by atoms with Crippen LogP contribution in [0.1, 0.15) is 17.5 Å². The molecule has 1 aromatic carbocycles. The van der Waals surface area contributed by atoms with Crippen molar-refractivity contribution in [1.29, 1.82) is 5.26 Å². The average molecular weight is 337 g/mol. The zero-order chi connectivity index (χ0) is 18.0. The third-order valence-corrected chi connectivity index (χ3v) is 3.94. The van der Waals surface area contributed by atoms with E-state index in [2.05, 4.69) is 5.10 Å². The smallest absolute Gasteiger partial charge is 0.302 e. The monoisotopic (exact) mass is 337 g/mol. The molecule has 8 heteroatoms. The lowest BCUT2D eigenvalue weighted by Crippen LogP contribution is -2.43. The number of nitriles is 1. The van der Waals surface area contributed by atoms with Gasteiger partial charge in [0.15, 0.2) is 0 Å². The van der Waals surface area contributed by atoms with Gasteiger partial charge < -0.3 is 4.57 Å². The summed E-state index contributed by atoms with van der Waals surface area (Å²) in [6, 6.07) is 11.2. The zero-order valence-electron chi connectivity index (χ0n) is 13.5. The number of aryl methyl sites for hydroxylation is 1. The fourth-order valence-corrected chi connectivity index (χ4v) is 2.63. The number of hydrazone groups is 1. The lowest BCUT2D eigenvalue weighted by atomic mass is 10.1. The van der Waals surface area contributed by atoms with Crippen molar-refractivity contribution in [3.8, 4) is 6.07 Å². The average Bonchev–Trinajstić information content (AvgIpc) is 3.12. The van der Waals surface area contributed by atoms with E-state index < -0.39 is 23.7 Å². The van der Waals surface area contributed by atoms with E-state index in [0.717, 1.165) is 26.6 Å². The van der Waals surface area contributed by atoms with Crippen molar-refractivity contribution in [3.05, 3.63) is 68.5 Å². The molecule has 1 aromatic heterocycles. The minimum absolute atomic E-state index is 0.190. The van der Waals surface area contributed by atoms with Gasteiger partial charge in [0.2, 0.25) is 0 Å². The number of hydrogen-bond acceptors (Lipinski definition) is 5. The summed E-state index contributed by atoms with van der Waals surface area (Å²) in [6.45, 7) is -0.0668. The second-order valence-corrected chi connectivity index (χ2v) is 5.62. The molecule has 2 heterocycles. The molecule has 126 valence electrons. The van der Waals surface area contributed by atoms with Gasteiger partial charge in [-0.05, 0) is 5.56 Å². The number of nitrogens with zero attached hydrogens (tertiary/aromatic N) is 5. The molecule has 0 aliphatic carbocycles. The number of rotatable bonds is 3. The van der Waals surface area contributed by atoms with E-state index in [1.807, 2.05) is 30.3 Å². The lowest BCUT2D eigenvalue weighted by Gasteiger charge is -2.13. The van der Waals surface area contributed by atoms with Crippen molar-refractivity contribution in [2.24, 2.45) is 12.1 Å². The Kier molecular flexibility index (Phi) is 4.31. The number of carbonyl (C=O) groups is 1. The van der Waals surface area contributed by atoms with E-state index in [-0.39, 0.29) is 5.56 Å². The van der Waals surface area contributed by atoms with Crippen LogP contribution >= 0.6 is 0 Å². The maximum absolute atomic E-state index is 12.4. The molecule has 0 fully saturated rings. The van der Waals surface area contributed by atoms with E-state index in [0.29, 0.717) is 13.0 Å². The summed E-state index contributed by atoms with van der Waals surface area (Å²) in [5.74, 6) is -0.472. The zero-order valence-corrected chi connectivity index (χ0v) is 13.5. The standard InChI is InChI=1S/C17H15N5O3/c1-20-10-13(9-18)16(24)21(17(20)25)11-15(23)22-8-7-14(19-22)12-5-3-2-4-6-12/h2-6,10H,7-8,11H2,1H3. The lowest BCUT2D eigenvalue weighted by molar-refractivity contribution is -0.131. The molecular weight excluding hydrogens is 322 g/mol. The van der Waals surface area contributed by atoms with E-state index in [4.69, 9.17) is 5.26 Å². The Hall–Kier alpha value is -3.47. The summed E-state index contributed by atoms with van der Waals surface area (Å²) in [5.41, 5.74) is 0.0938. The summed E-state index contributed by atoms with van der Waals surface area (Å²) in [7, 11) is 1.42. The van der Waals surface area contributed by atoms with Gasteiger partial charge in [0.05, 0.1) is 12.3 Å². The van der Waals surface area contributed by atoms with Crippen molar-refractivity contribution in [1.82, 2.24) is 14.1 Å². The number of hydrogen-bond donors (Lipinski definition) is 0. The molecule has 0 saturated heterocycles. The Morgan fingerprint density at radius 2 is 2.00 bits per heavy atom. The first-order chi connectivity index (χ1) is 12.0. The van der Waals surface area contributed by atoms with Gasteiger partial charge in [0.25, 0.3) is 11.5 Å². The minimum atomic E-state index is -0.773. The van der Waals surface area contributed by atoms with Crippen LogP contribution in [0, 0.1) is 11.3 Å². The predicted octanol–water partition coefficient (Wildman–Crippen LogP) is 0.0553. The normalized spacial score (nSPS) is 13.4. The quantitative estimate of drug-likeness (QED) is 0.790. The van der Waals surface area contributed by atoms with E-state index in [1.165, 1.54) is 12.1 Å². The van der Waals surface area contributed by atoms with Crippen molar-refractivity contribution in [2.75, 3.05) is 6.54 Å². The fraction of sp³-hybridized carbons (Fsp3) is 0.235. The maximum Gasteiger partial charge on any atom is 0.331 e. The van der Waals surface area contributed by atoms with E-state index in [9.17, 15) is 14.4 Å². The molecule has 0 saturated carbocycles. The van der Waals surface area contributed by atoms with Crippen LogP contribution in [0.4, 0.5) is 0 Å². The van der Waals surface area contributed by atoms with Gasteiger partial charge in [-0.25, -0.2) is 14.4 Å². The van der Waals surface area contributed by atoms with Crippen LogP contribution in [0.3, 0.4) is 0 Å². The minimum Gasteiger partial charge on any atom is -0.302 e. The fourth-order valence-electron chi connectivity index (χ4n) is 2.63. The Morgan fingerprint density at radius 1 is 1.28 bits per heavy atom. The summed E-state index contributed by atoms with van der Waals surface area (Å²) in [5, 5.41) is 14.5. The van der Waals surface area contributed by atoms with Gasteiger partial charge in [-0.3, -0.25) is 9.59 Å². The van der Waals surface area contributed by atoms with Crippen LogP contribution in [0.25, 0.3) is 0 Å². The summed E-state index contributed by atoms with van der Waals surface area (Å²) in [6.07, 6.45) is 1.76. The molecule has 0 unspecified atom stereocenters. The number of aromatic nitrogens is 2. The molecule has 1 aliphatic rings. The van der Waals surface area contributed by atoms with Crippen LogP contribution in [0.2, 0.25) is 0 Å². The molecule has 2 aromatic rings. The SMILES string of the molecule is Cn1cc(C#N)c(=O)n(CC(=O)N2CCC(c3ccccc3)=N2)c1=O. The van der Waals surface area contributed by atoms with Gasteiger partial charge in [0, 0.05) is 19.7 Å². The summed E-state index contributed by atoms with van der Waals surface area (Å²) < 4.78 is 1.87. The number of benzene rings is 1. The Labute approximate surface area is 142 Å². The molecule has 0 bridgehead atoms. The van der Waals surface area contributed by atoms with Crippen molar-refractivity contribution in [2.45, 2.75) is 13.0 Å². The molecule has 1 aliphatic heterocycles. The molecule has 8 nitrogen and oxygen atoms in total. The Bertz CT molecular complexity index is 1010. The molecule has 0 atom stereocenters. The maximum atomic E-state index is 12.4. The van der Waals surface area contributed by atoms with Crippen LogP contribution in [-0.2, 0) is 18.4 Å². The first kappa shape index (κ1) is 16.4. The molecule has 0 spiro atoms. The largest absolute Gasteiger partial charge is 0.331 e. The Balaban J connectivity index is 1.86. The van der Waals surface area contributed by atoms with Crippen LogP contribution in [0.5, 0.6) is 0 Å². The van der Waals surface area contributed by atoms with Crippen molar-refractivity contribution < 1.29 is 4.79 Å². The summed E-state index contributed by atoms with van der Waals surface area (Å²) in [4.78, 5) is 36.7. The van der Waals surface area contributed by atoms with Gasteiger partial charge in [-0.15, -0.1) is 0 Å². The number of carbonyl (C=O) groups excluding carboxylic acids is 1. The van der Waals surface area contributed by atoms with Crippen molar-refractivity contribution >= 4 is 11.6 Å². The predicted molar refractivity (Wildman–Crippen MR) is 90.0 cm³/mol. The van der Waals surface area contributed by atoms with Gasteiger partial charge in [0.1, 0.15) is 18.2 Å².